The van der Waals surface area contributed by atoms with Crippen molar-refractivity contribution < 1.29 is 4.79 Å². The van der Waals surface area contributed by atoms with Gasteiger partial charge in [-0.1, -0.05) is 0 Å². The van der Waals surface area contributed by atoms with E-state index in [9.17, 15) is 9.59 Å². The number of thiazole rings is 1. The molecule has 3 heterocycles. The number of nitrogens with zero attached hydrogens (tertiary/aromatic N) is 5. The molecule has 3 rings (SSSR count). The fraction of sp³-hybridized carbons (Fsp3) is 0.429. The molecule has 0 atom stereocenters. The number of fused-ring (bicyclic) bond motifs is 1. The Kier molecular flexibility index (Phi) is 3.92. The highest BCUT2D eigenvalue weighted by Crippen LogP contribution is 2.13. The highest BCUT2D eigenvalue weighted by atomic mass is 32.1. The maximum Gasteiger partial charge on any atom is 0.271 e. The Labute approximate surface area is 131 Å². The Morgan fingerprint density at radius 3 is 2.82 bits per heavy atom. The molecule has 0 spiro atoms. The van der Waals surface area contributed by atoms with Crippen molar-refractivity contribution in [2.45, 2.75) is 6.92 Å². The van der Waals surface area contributed by atoms with Gasteiger partial charge in [-0.25, -0.2) is 4.98 Å². The molecule has 2 aromatic heterocycles. The Balaban J connectivity index is 1.83. The van der Waals surface area contributed by atoms with Crippen LogP contribution in [0.25, 0.3) is 4.96 Å². The Morgan fingerprint density at radius 1 is 1.41 bits per heavy atom. The molecule has 0 saturated carbocycles. The van der Waals surface area contributed by atoms with E-state index in [0.29, 0.717) is 37.7 Å². The molecule has 22 heavy (non-hydrogen) atoms. The van der Waals surface area contributed by atoms with E-state index >= 15 is 0 Å². The quantitative estimate of drug-likeness (QED) is 0.746. The molecule has 114 valence electrons. The summed E-state index contributed by atoms with van der Waals surface area (Å²) in [5.74, 6) is -0.285. The van der Waals surface area contributed by atoms with E-state index in [0.717, 1.165) is 4.88 Å². The minimum absolute atomic E-state index is 0.101. The fourth-order valence-electron chi connectivity index (χ4n) is 2.52. The van der Waals surface area contributed by atoms with Crippen LogP contribution in [0.5, 0.6) is 0 Å². The van der Waals surface area contributed by atoms with Gasteiger partial charge in [-0.05, 0) is 6.92 Å². The predicted molar refractivity (Wildman–Crippen MR) is 82.0 cm³/mol. The van der Waals surface area contributed by atoms with E-state index in [1.165, 1.54) is 21.9 Å². The second-order valence-corrected chi connectivity index (χ2v) is 6.41. The number of aromatic nitrogens is 2. The van der Waals surface area contributed by atoms with Crippen molar-refractivity contribution in [2.24, 2.45) is 0 Å². The Bertz CT molecular complexity index is 811. The summed E-state index contributed by atoms with van der Waals surface area (Å²) in [6.45, 7) is 4.60. The van der Waals surface area contributed by atoms with E-state index in [1.807, 2.05) is 11.8 Å². The number of rotatable bonds is 2. The predicted octanol–water partition coefficient (Wildman–Crippen LogP) is 0.346. The van der Waals surface area contributed by atoms with Gasteiger partial charge in [0.25, 0.3) is 11.5 Å². The summed E-state index contributed by atoms with van der Waals surface area (Å²) in [6.07, 6.45) is 3.08. The van der Waals surface area contributed by atoms with Gasteiger partial charge < -0.3 is 4.90 Å². The molecule has 0 N–H and O–H groups in total. The lowest BCUT2D eigenvalue weighted by Gasteiger charge is -2.33. The van der Waals surface area contributed by atoms with Gasteiger partial charge in [0.05, 0.1) is 12.6 Å². The van der Waals surface area contributed by atoms with E-state index in [-0.39, 0.29) is 17.0 Å². The second-order valence-electron chi connectivity index (χ2n) is 5.20. The molecular weight excluding hydrogens is 302 g/mol. The molecule has 0 aromatic carbocycles. The summed E-state index contributed by atoms with van der Waals surface area (Å²) >= 11 is 1.42. The molecule has 8 heteroatoms. The maximum absolute atomic E-state index is 12.5. The molecular formula is C14H15N5O2S. The molecule has 7 nitrogen and oxygen atoms in total. The maximum atomic E-state index is 12.5. The molecule has 0 aliphatic carbocycles. The monoisotopic (exact) mass is 317 g/mol. The molecule has 1 fully saturated rings. The number of carbonyl (C=O) groups excluding carboxylic acids is 1. The first-order chi connectivity index (χ1) is 10.6. The van der Waals surface area contributed by atoms with Crippen LogP contribution in [0.2, 0.25) is 0 Å². The summed E-state index contributed by atoms with van der Waals surface area (Å²) < 4.78 is 1.43. The highest BCUT2D eigenvalue weighted by Gasteiger charge is 2.24. The zero-order valence-electron chi connectivity index (χ0n) is 12.2. The number of piperazine rings is 1. The normalized spacial score (nSPS) is 15.9. The molecule has 1 aliphatic heterocycles. The van der Waals surface area contributed by atoms with Crippen LogP contribution in [0.4, 0.5) is 0 Å². The van der Waals surface area contributed by atoms with Crippen LogP contribution in [0, 0.1) is 18.3 Å². The highest BCUT2D eigenvalue weighted by molar-refractivity contribution is 7.16. The standard InChI is InChI=1S/C14H15N5O2S/c1-10-9-19-13(21)11(8-16-14(19)22-10)12(20)18-6-4-17(3-2-15)5-7-18/h8-9H,3-7H2,1H3. The van der Waals surface area contributed by atoms with Gasteiger partial charge in [0.15, 0.2) is 4.96 Å². The third-order valence-corrected chi connectivity index (χ3v) is 4.62. The third-order valence-electron chi connectivity index (χ3n) is 3.71. The van der Waals surface area contributed by atoms with Crippen molar-refractivity contribution in [2.75, 3.05) is 32.7 Å². The molecule has 1 aliphatic rings. The Morgan fingerprint density at radius 2 is 2.14 bits per heavy atom. The molecule has 2 aromatic rings. The topological polar surface area (TPSA) is 81.7 Å². The Hall–Kier alpha value is -2.24. The molecule has 1 amide bonds. The van der Waals surface area contributed by atoms with E-state index in [2.05, 4.69) is 11.1 Å². The van der Waals surface area contributed by atoms with Gasteiger partial charge in [-0.3, -0.25) is 18.9 Å². The number of hydrogen-bond acceptors (Lipinski definition) is 6. The molecule has 1 saturated heterocycles. The minimum atomic E-state index is -0.321. The van der Waals surface area contributed by atoms with Gasteiger partial charge in [-0.15, -0.1) is 11.3 Å². The van der Waals surface area contributed by atoms with Crippen molar-refractivity contribution in [1.29, 1.82) is 5.26 Å². The van der Waals surface area contributed by atoms with Crippen LogP contribution in [0.1, 0.15) is 15.2 Å². The summed E-state index contributed by atoms with van der Waals surface area (Å²) in [6, 6.07) is 2.11. The van der Waals surface area contributed by atoms with Crippen LogP contribution in [0.3, 0.4) is 0 Å². The van der Waals surface area contributed by atoms with Crippen molar-refractivity contribution in [3.8, 4) is 6.07 Å². The molecule has 0 bridgehead atoms. The number of carbonyl (C=O) groups is 1. The first-order valence-corrected chi connectivity index (χ1v) is 7.78. The first-order valence-electron chi connectivity index (χ1n) is 6.96. The van der Waals surface area contributed by atoms with Crippen LogP contribution in [-0.2, 0) is 0 Å². The zero-order valence-corrected chi connectivity index (χ0v) is 13.0. The number of nitriles is 1. The third kappa shape index (κ3) is 2.61. The summed E-state index contributed by atoms with van der Waals surface area (Å²) in [5, 5.41) is 8.69. The van der Waals surface area contributed by atoms with Crippen molar-refractivity contribution in [3.05, 3.63) is 33.2 Å². The van der Waals surface area contributed by atoms with Crippen LogP contribution < -0.4 is 5.56 Å². The van der Waals surface area contributed by atoms with E-state index < -0.39 is 0 Å². The lowest BCUT2D eigenvalue weighted by atomic mass is 10.2. The average Bonchev–Trinajstić information content (AvgIpc) is 2.90. The number of aryl methyl sites for hydroxylation is 1. The molecule has 0 unspecified atom stereocenters. The largest absolute Gasteiger partial charge is 0.336 e. The lowest BCUT2D eigenvalue weighted by Crippen LogP contribution is -2.49. The number of hydrogen-bond donors (Lipinski definition) is 0. The van der Waals surface area contributed by atoms with Crippen molar-refractivity contribution >= 4 is 22.2 Å². The van der Waals surface area contributed by atoms with Crippen LogP contribution in [-0.4, -0.2) is 57.8 Å². The zero-order chi connectivity index (χ0) is 15.7. The van der Waals surface area contributed by atoms with Gasteiger partial charge in [0.2, 0.25) is 0 Å². The summed E-state index contributed by atoms with van der Waals surface area (Å²) in [5.41, 5.74) is -0.220. The summed E-state index contributed by atoms with van der Waals surface area (Å²) in [4.78, 5) is 34.4. The number of amides is 1. The van der Waals surface area contributed by atoms with Crippen molar-refractivity contribution in [1.82, 2.24) is 19.2 Å². The smallest absolute Gasteiger partial charge is 0.271 e. The van der Waals surface area contributed by atoms with Gasteiger partial charge >= 0.3 is 0 Å². The van der Waals surface area contributed by atoms with Gasteiger partial charge in [-0.2, -0.15) is 5.26 Å². The first kappa shape index (κ1) is 14.7. The fourth-order valence-corrected chi connectivity index (χ4v) is 3.31. The van der Waals surface area contributed by atoms with E-state index in [4.69, 9.17) is 5.26 Å². The van der Waals surface area contributed by atoms with Gasteiger partial charge in [0, 0.05) is 43.4 Å². The average molecular weight is 317 g/mol. The minimum Gasteiger partial charge on any atom is -0.336 e. The summed E-state index contributed by atoms with van der Waals surface area (Å²) in [7, 11) is 0. The van der Waals surface area contributed by atoms with E-state index in [1.54, 1.807) is 11.1 Å². The second kappa shape index (κ2) is 5.87. The van der Waals surface area contributed by atoms with Crippen LogP contribution >= 0.6 is 11.3 Å². The van der Waals surface area contributed by atoms with Gasteiger partial charge in [0.1, 0.15) is 5.56 Å². The van der Waals surface area contributed by atoms with Crippen LogP contribution in [0.15, 0.2) is 17.2 Å². The SMILES string of the molecule is Cc1cn2c(=O)c(C(=O)N3CCN(CC#N)CC3)cnc2s1. The van der Waals surface area contributed by atoms with Crippen molar-refractivity contribution in [3.63, 3.8) is 0 Å². The lowest BCUT2D eigenvalue weighted by molar-refractivity contribution is 0.0649. The molecule has 0 radical (unpaired) electrons.